The summed E-state index contributed by atoms with van der Waals surface area (Å²) in [5, 5.41) is 14.2. The first-order valence-electron chi connectivity index (χ1n) is 12.9. The Hall–Kier alpha value is -3.31. The zero-order chi connectivity index (χ0) is 28.3. The molecular formula is C27H41N3O8. The van der Waals surface area contributed by atoms with Crippen molar-refractivity contribution in [2.45, 2.75) is 64.8 Å². The molecule has 38 heavy (non-hydrogen) atoms. The number of benzene rings is 1. The molecule has 0 radical (unpaired) electrons. The van der Waals surface area contributed by atoms with Gasteiger partial charge in [-0.15, -0.1) is 0 Å². The Bertz CT molecular complexity index is 904. The van der Waals surface area contributed by atoms with Gasteiger partial charge in [-0.25, -0.2) is 0 Å². The van der Waals surface area contributed by atoms with Crippen LogP contribution in [0.4, 0.5) is 0 Å². The van der Waals surface area contributed by atoms with Crippen LogP contribution < -0.4 is 16.4 Å². The van der Waals surface area contributed by atoms with Crippen LogP contribution in [0, 0.1) is 12.8 Å². The first-order valence-corrected chi connectivity index (χ1v) is 12.9. The molecule has 0 unspecified atom stereocenters. The number of ketones is 1. The number of aryl methyl sites for hydroxylation is 1. The van der Waals surface area contributed by atoms with Gasteiger partial charge in [0.2, 0.25) is 11.8 Å². The fraction of sp³-hybridized carbons (Fsp3) is 0.593. The van der Waals surface area contributed by atoms with Crippen LogP contribution in [0.1, 0.15) is 67.8 Å². The van der Waals surface area contributed by atoms with Crippen molar-refractivity contribution in [1.82, 2.24) is 10.6 Å². The molecule has 0 spiro atoms. The summed E-state index contributed by atoms with van der Waals surface area (Å²) in [7, 11) is 0. The smallest absolute Gasteiger partial charge is 0.306 e. The van der Waals surface area contributed by atoms with Gasteiger partial charge in [-0.1, -0.05) is 24.6 Å². The molecule has 1 aromatic carbocycles. The van der Waals surface area contributed by atoms with E-state index < -0.39 is 29.7 Å². The molecule has 0 aliphatic rings. The molecule has 0 aromatic heterocycles. The standard InChI is InChI=1S/C27H41N3O8/c1-19-8-11-21(12-9-19)26(34)29-14-4-3-7-23(25(28)33)30-24(32)18-38-17-16-37-15-5-6-22(31)13-10-20(2)27(35)36/h8-9,11-12,20,23H,3-7,10,13-18H2,1-2H3,(H2,28,33)(H,29,34)(H,30,32)(H,35,36)/t20-,23-/m0/s1. The summed E-state index contributed by atoms with van der Waals surface area (Å²) in [4.78, 5) is 58.3. The van der Waals surface area contributed by atoms with Crippen LogP contribution in [0.15, 0.2) is 24.3 Å². The third kappa shape index (κ3) is 15.1. The number of unbranched alkanes of at least 4 members (excludes halogenated alkanes) is 1. The Morgan fingerprint density at radius 1 is 0.921 bits per heavy atom. The van der Waals surface area contributed by atoms with Gasteiger partial charge < -0.3 is 30.9 Å². The third-order valence-electron chi connectivity index (χ3n) is 5.82. The fourth-order valence-corrected chi connectivity index (χ4v) is 3.39. The van der Waals surface area contributed by atoms with E-state index in [2.05, 4.69) is 10.6 Å². The normalized spacial score (nSPS) is 12.4. The van der Waals surface area contributed by atoms with Crippen molar-refractivity contribution in [3.8, 4) is 0 Å². The molecule has 2 atom stereocenters. The van der Waals surface area contributed by atoms with Crippen LogP contribution in [0.3, 0.4) is 0 Å². The van der Waals surface area contributed by atoms with Gasteiger partial charge in [-0.3, -0.25) is 24.0 Å². The number of carboxylic acids is 1. The lowest BCUT2D eigenvalue weighted by Crippen LogP contribution is -2.45. The molecule has 0 heterocycles. The predicted octanol–water partition coefficient (Wildman–Crippen LogP) is 1.75. The number of hydrogen-bond donors (Lipinski definition) is 4. The highest BCUT2D eigenvalue weighted by molar-refractivity contribution is 5.94. The molecule has 0 bridgehead atoms. The third-order valence-corrected chi connectivity index (χ3v) is 5.82. The maximum Gasteiger partial charge on any atom is 0.306 e. The molecule has 1 rings (SSSR count). The van der Waals surface area contributed by atoms with Crippen molar-refractivity contribution >= 4 is 29.5 Å². The van der Waals surface area contributed by atoms with Crippen molar-refractivity contribution in [1.29, 1.82) is 0 Å². The van der Waals surface area contributed by atoms with Crippen LogP contribution in [0.2, 0.25) is 0 Å². The van der Waals surface area contributed by atoms with Crippen LogP contribution >= 0.6 is 0 Å². The minimum atomic E-state index is -0.906. The van der Waals surface area contributed by atoms with Crippen molar-refractivity contribution in [2.24, 2.45) is 11.7 Å². The number of carbonyl (C=O) groups is 5. The van der Waals surface area contributed by atoms with Crippen molar-refractivity contribution < 1.29 is 38.6 Å². The Morgan fingerprint density at radius 3 is 2.26 bits per heavy atom. The van der Waals surface area contributed by atoms with Crippen molar-refractivity contribution in [3.63, 3.8) is 0 Å². The van der Waals surface area contributed by atoms with E-state index >= 15 is 0 Å². The van der Waals surface area contributed by atoms with E-state index in [0.29, 0.717) is 57.2 Å². The highest BCUT2D eigenvalue weighted by Gasteiger charge is 2.18. The number of hydrogen-bond acceptors (Lipinski definition) is 7. The second-order valence-corrected chi connectivity index (χ2v) is 9.23. The quantitative estimate of drug-likeness (QED) is 0.172. The summed E-state index contributed by atoms with van der Waals surface area (Å²) in [6.45, 7) is 4.47. The Kier molecular flexibility index (Phi) is 16.2. The summed E-state index contributed by atoms with van der Waals surface area (Å²) >= 11 is 0. The maximum absolute atomic E-state index is 12.1. The van der Waals surface area contributed by atoms with Gasteiger partial charge in [0.25, 0.3) is 5.91 Å². The number of carbonyl (C=O) groups excluding carboxylic acids is 4. The minimum Gasteiger partial charge on any atom is -0.481 e. The number of aliphatic carboxylic acids is 1. The number of amides is 3. The number of ether oxygens (including phenoxy) is 2. The highest BCUT2D eigenvalue weighted by atomic mass is 16.5. The number of nitrogens with two attached hydrogens (primary N) is 1. The SMILES string of the molecule is Cc1ccc(C(=O)NCCCC[C@H](NC(=O)COCCOCCCC(=O)CC[C@H](C)C(=O)O)C(N)=O)cc1. The van der Waals surface area contributed by atoms with Gasteiger partial charge in [0.1, 0.15) is 18.4 Å². The largest absolute Gasteiger partial charge is 0.481 e. The van der Waals surface area contributed by atoms with E-state index in [9.17, 15) is 24.0 Å². The van der Waals surface area contributed by atoms with Gasteiger partial charge in [0.15, 0.2) is 0 Å². The average molecular weight is 536 g/mol. The number of primary amides is 1. The first-order chi connectivity index (χ1) is 18.1. The van der Waals surface area contributed by atoms with Crippen LogP contribution in [-0.2, 0) is 28.7 Å². The van der Waals surface area contributed by atoms with Gasteiger partial charge in [-0.2, -0.15) is 0 Å². The van der Waals surface area contributed by atoms with Crippen molar-refractivity contribution in [3.05, 3.63) is 35.4 Å². The second-order valence-electron chi connectivity index (χ2n) is 9.23. The number of rotatable bonds is 21. The lowest BCUT2D eigenvalue weighted by atomic mass is 10.0. The van der Waals surface area contributed by atoms with Crippen molar-refractivity contribution in [2.75, 3.05) is 33.0 Å². The number of Topliss-reactive ketones (excluding diaryl/α,β-unsaturated/α-hetero) is 1. The fourth-order valence-electron chi connectivity index (χ4n) is 3.39. The van der Waals surface area contributed by atoms with Gasteiger partial charge in [-0.05, 0) is 51.2 Å². The molecular weight excluding hydrogens is 494 g/mol. The summed E-state index contributed by atoms with van der Waals surface area (Å²) in [6.07, 6.45) is 2.96. The summed E-state index contributed by atoms with van der Waals surface area (Å²) in [5.41, 5.74) is 7.05. The predicted molar refractivity (Wildman–Crippen MR) is 140 cm³/mol. The van der Waals surface area contributed by atoms with Gasteiger partial charge in [0.05, 0.1) is 19.1 Å². The molecule has 0 aliphatic carbocycles. The lowest BCUT2D eigenvalue weighted by molar-refractivity contribution is -0.141. The molecule has 5 N–H and O–H groups in total. The maximum atomic E-state index is 12.1. The van der Waals surface area contributed by atoms with E-state index in [-0.39, 0.29) is 37.9 Å². The first kappa shape index (κ1) is 32.7. The summed E-state index contributed by atoms with van der Waals surface area (Å²) in [6, 6.07) is 6.43. The average Bonchev–Trinajstić information content (AvgIpc) is 2.87. The zero-order valence-corrected chi connectivity index (χ0v) is 22.3. The van der Waals surface area contributed by atoms with E-state index in [0.717, 1.165) is 5.56 Å². The van der Waals surface area contributed by atoms with E-state index in [1.165, 1.54) is 0 Å². The number of nitrogens with one attached hydrogen (secondary N) is 2. The Labute approximate surface area is 223 Å². The highest BCUT2D eigenvalue weighted by Crippen LogP contribution is 2.08. The number of carboxylic acid groups (broad SMARTS) is 1. The molecule has 0 saturated heterocycles. The summed E-state index contributed by atoms with van der Waals surface area (Å²) < 4.78 is 10.6. The molecule has 0 aliphatic heterocycles. The second kappa shape index (κ2) is 18.9. The molecule has 212 valence electrons. The lowest BCUT2D eigenvalue weighted by Gasteiger charge is -2.15. The van der Waals surface area contributed by atoms with Crippen LogP contribution in [0.5, 0.6) is 0 Å². The molecule has 3 amide bonds. The molecule has 0 saturated carbocycles. The van der Waals surface area contributed by atoms with Crippen LogP contribution in [-0.4, -0.2) is 73.6 Å². The Morgan fingerprint density at radius 2 is 1.61 bits per heavy atom. The molecule has 11 heteroatoms. The van der Waals surface area contributed by atoms with E-state index in [1.54, 1.807) is 19.1 Å². The molecule has 0 fully saturated rings. The zero-order valence-electron chi connectivity index (χ0n) is 22.3. The minimum absolute atomic E-state index is 0.00521. The van der Waals surface area contributed by atoms with Gasteiger partial charge in [0, 0.05) is 31.6 Å². The summed E-state index contributed by atoms with van der Waals surface area (Å²) in [5.74, 6) is -2.71. The van der Waals surface area contributed by atoms with Crippen LogP contribution in [0.25, 0.3) is 0 Å². The molecule has 1 aromatic rings. The van der Waals surface area contributed by atoms with E-state index in [1.807, 2.05) is 19.1 Å². The van der Waals surface area contributed by atoms with Gasteiger partial charge >= 0.3 is 5.97 Å². The monoisotopic (exact) mass is 535 g/mol. The topological polar surface area (TPSA) is 174 Å². The van der Waals surface area contributed by atoms with E-state index in [4.69, 9.17) is 20.3 Å². The Balaban J connectivity index is 2.09. The molecule has 11 nitrogen and oxygen atoms in total.